The fourth-order valence-electron chi connectivity index (χ4n) is 2.84. The lowest BCUT2D eigenvalue weighted by Crippen LogP contribution is -2.51. The Labute approximate surface area is 101 Å². The first-order chi connectivity index (χ1) is 8.24. The van der Waals surface area contributed by atoms with Crippen LogP contribution < -0.4 is 10.2 Å². The van der Waals surface area contributed by atoms with Crippen molar-refractivity contribution in [1.82, 2.24) is 4.90 Å². The number of nitrogens with zero attached hydrogens (tertiary/aromatic N) is 2. The maximum atomic E-state index is 13.4. The van der Waals surface area contributed by atoms with Crippen molar-refractivity contribution in [2.24, 2.45) is 0 Å². The van der Waals surface area contributed by atoms with Gasteiger partial charge >= 0.3 is 0 Å². The number of halogens is 1. The van der Waals surface area contributed by atoms with Crippen LogP contribution in [-0.4, -0.2) is 44.2 Å². The van der Waals surface area contributed by atoms with Crippen LogP contribution in [0.25, 0.3) is 0 Å². The summed E-state index contributed by atoms with van der Waals surface area (Å²) in [4.78, 5) is 4.71. The van der Waals surface area contributed by atoms with Crippen molar-refractivity contribution < 1.29 is 4.39 Å². The molecule has 3 nitrogen and oxygen atoms in total. The Morgan fingerprint density at radius 1 is 1.35 bits per heavy atom. The summed E-state index contributed by atoms with van der Waals surface area (Å²) in [5.74, 6) is -0.148. The minimum Gasteiger partial charge on any atom is -0.383 e. The highest BCUT2D eigenvalue weighted by atomic mass is 19.1. The van der Waals surface area contributed by atoms with Gasteiger partial charge in [-0.25, -0.2) is 4.39 Å². The van der Waals surface area contributed by atoms with E-state index in [0.717, 1.165) is 44.0 Å². The first-order valence-corrected chi connectivity index (χ1v) is 6.22. The zero-order chi connectivity index (χ0) is 11.8. The van der Waals surface area contributed by atoms with Gasteiger partial charge in [-0.2, -0.15) is 0 Å². The molecule has 2 aliphatic heterocycles. The van der Waals surface area contributed by atoms with Crippen molar-refractivity contribution in [3.63, 3.8) is 0 Å². The second kappa shape index (κ2) is 4.18. The average molecular weight is 235 g/mol. The number of piperazine rings is 1. The standard InChI is InChI=1S/C13H18FN3/c1-16-6-7-17-11(9-16)4-5-15-12-3-2-10(14)8-13(12)17/h2-3,8,11,15H,4-7,9H2,1H3. The van der Waals surface area contributed by atoms with Gasteiger partial charge in [0.25, 0.3) is 0 Å². The third kappa shape index (κ3) is 1.97. The smallest absolute Gasteiger partial charge is 0.125 e. The lowest BCUT2D eigenvalue weighted by atomic mass is 10.1. The van der Waals surface area contributed by atoms with E-state index < -0.39 is 0 Å². The van der Waals surface area contributed by atoms with Crippen LogP contribution >= 0.6 is 0 Å². The van der Waals surface area contributed by atoms with Crippen molar-refractivity contribution in [1.29, 1.82) is 0 Å². The fourth-order valence-corrected chi connectivity index (χ4v) is 2.84. The zero-order valence-corrected chi connectivity index (χ0v) is 10.1. The molecule has 0 amide bonds. The van der Waals surface area contributed by atoms with E-state index in [1.807, 2.05) is 6.07 Å². The molecule has 1 aromatic carbocycles. The van der Waals surface area contributed by atoms with Crippen LogP contribution in [0.1, 0.15) is 6.42 Å². The fraction of sp³-hybridized carbons (Fsp3) is 0.538. The summed E-state index contributed by atoms with van der Waals surface area (Å²) >= 11 is 0. The first kappa shape index (κ1) is 10.8. The van der Waals surface area contributed by atoms with Crippen LogP contribution in [0.2, 0.25) is 0 Å². The Morgan fingerprint density at radius 2 is 2.24 bits per heavy atom. The van der Waals surface area contributed by atoms with Crippen LogP contribution in [0, 0.1) is 5.82 Å². The van der Waals surface area contributed by atoms with Crippen LogP contribution in [0.4, 0.5) is 15.8 Å². The van der Waals surface area contributed by atoms with Crippen LogP contribution in [0.3, 0.4) is 0 Å². The van der Waals surface area contributed by atoms with E-state index in [0.29, 0.717) is 6.04 Å². The lowest BCUT2D eigenvalue weighted by Gasteiger charge is -2.40. The number of hydrogen-bond donors (Lipinski definition) is 1. The summed E-state index contributed by atoms with van der Waals surface area (Å²) < 4.78 is 13.4. The molecule has 0 spiro atoms. The average Bonchev–Trinajstić information content (AvgIpc) is 2.47. The van der Waals surface area contributed by atoms with Gasteiger partial charge in [-0.15, -0.1) is 0 Å². The molecule has 1 atom stereocenters. The number of anilines is 2. The number of benzene rings is 1. The summed E-state index contributed by atoms with van der Waals surface area (Å²) in [7, 11) is 2.15. The van der Waals surface area contributed by atoms with Gasteiger partial charge in [0.2, 0.25) is 0 Å². The number of fused-ring (bicyclic) bond motifs is 3. The van der Waals surface area contributed by atoms with E-state index in [-0.39, 0.29) is 5.82 Å². The molecule has 3 rings (SSSR count). The van der Waals surface area contributed by atoms with Gasteiger partial charge < -0.3 is 15.1 Å². The minimum absolute atomic E-state index is 0.148. The maximum absolute atomic E-state index is 13.4. The highest BCUT2D eigenvalue weighted by Gasteiger charge is 2.28. The van der Waals surface area contributed by atoms with E-state index >= 15 is 0 Å². The largest absolute Gasteiger partial charge is 0.383 e. The minimum atomic E-state index is -0.148. The number of likely N-dealkylation sites (N-methyl/N-ethyl adjacent to an activating group) is 1. The predicted octanol–water partition coefficient (Wildman–Crippen LogP) is 1.76. The molecule has 92 valence electrons. The summed E-state index contributed by atoms with van der Waals surface area (Å²) in [6, 6.07) is 5.55. The Balaban J connectivity index is 1.98. The van der Waals surface area contributed by atoms with Crippen molar-refractivity contribution in [2.75, 3.05) is 43.4 Å². The molecular weight excluding hydrogens is 217 g/mol. The topological polar surface area (TPSA) is 18.5 Å². The summed E-state index contributed by atoms with van der Waals surface area (Å²) in [6.07, 6.45) is 1.11. The molecular formula is C13H18FN3. The van der Waals surface area contributed by atoms with Crippen molar-refractivity contribution in [3.8, 4) is 0 Å². The van der Waals surface area contributed by atoms with Gasteiger partial charge in [0, 0.05) is 32.2 Å². The lowest BCUT2D eigenvalue weighted by molar-refractivity contribution is 0.264. The maximum Gasteiger partial charge on any atom is 0.125 e. The molecule has 0 radical (unpaired) electrons. The predicted molar refractivity (Wildman–Crippen MR) is 68.1 cm³/mol. The summed E-state index contributed by atoms with van der Waals surface area (Å²) in [5.41, 5.74) is 2.10. The molecule has 4 heteroatoms. The van der Waals surface area contributed by atoms with E-state index in [1.54, 1.807) is 6.07 Å². The van der Waals surface area contributed by atoms with Crippen LogP contribution in [0.15, 0.2) is 18.2 Å². The number of hydrogen-bond acceptors (Lipinski definition) is 3. The van der Waals surface area contributed by atoms with Crippen LogP contribution in [-0.2, 0) is 0 Å². The molecule has 0 aromatic heterocycles. The van der Waals surface area contributed by atoms with Crippen molar-refractivity contribution in [3.05, 3.63) is 24.0 Å². The van der Waals surface area contributed by atoms with Gasteiger partial charge in [-0.05, 0) is 31.7 Å². The molecule has 2 aliphatic rings. The van der Waals surface area contributed by atoms with E-state index in [2.05, 4.69) is 22.2 Å². The van der Waals surface area contributed by atoms with Crippen molar-refractivity contribution in [2.45, 2.75) is 12.5 Å². The number of rotatable bonds is 0. The van der Waals surface area contributed by atoms with Gasteiger partial charge in [0.1, 0.15) is 5.82 Å². The molecule has 0 aliphatic carbocycles. The van der Waals surface area contributed by atoms with E-state index in [1.165, 1.54) is 6.07 Å². The Hall–Kier alpha value is -1.29. The second-order valence-corrected chi connectivity index (χ2v) is 4.99. The molecule has 17 heavy (non-hydrogen) atoms. The molecule has 1 unspecified atom stereocenters. The molecule has 2 heterocycles. The second-order valence-electron chi connectivity index (χ2n) is 4.99. The Bertz CT molecular complexity index is 421. The first-order valence-electron chi connectivity index (χ1n) is 6.22. The highest BCUT2D eigenvalue weighted by molar-refractivity contribution is 5.71. The highest BCUT2D eigenvalue weighted by Crippen LogP contribution is 2.32. The summed E-state index contributed by atoms with van der Waals surface area (Å²) in [5, 5.41) is 3.40. The molecule has 1 fully saturated rings. The molecule has 0 saturated carbocycles. The third-order valence-corrected chi connectivity index (χ3v) is 3.75. The van der Waals surface area contributed by atoms with Gasteiger partial charge in [0.15, 0.2) is 0 Å². The van der Waals surface area contributed by atoms with Crippen LogP contribution in [0.5, 0.6) is 0 Å². The SMILES string of the molecule is CN1CCN2c3cc(F)ccc3NCCC2C1. The van der Waals surface area contributed by atoms with E-state index in [4.69, 9.17) is 0 Å². The molecule has 1 N–H and O–H groups in total. The Morgan fingerprint density at radius 3 is 3.12 bits per heavy atom. The van der Waals surface area contributed by atoms with Gasteiger partial charge in [-0.3, -0.25) is 0 Å². The summed E-state index contributed by atoms with van der Waals surface area (Å²) in [6.45, 7) is 4.07. The van der Waals surface area contributed by atoms with Crippen molar-refractivity contribution >= 4 is 11.4 Å². The zero-order valence-electron chi connectivity index (χ0n) is 10.1. The Kier molecular flexibility index (Phi) is 2.67. The number of nitrogens with one attached hydrogen (secondary N) is 1. The molecule has 1 saturated heterocycles. The molecule has 1 aromatic rings. The molecule has 0 bridgehead atoms. The van der Waals surface area contributed by atoms with E-state index in [9.17, 15) is 4.39 Å². The monoisotopic (exact) mass is 235 g/mol. The van der Waals surface area contributed by atoms with Gasteiger partial charge in [-0.1, -0.05) is 0 Å². The quantitative estimate of drug-likeness (QED) is 0.739. The third-order valence-electron chi connectivity index (χ3n) is 3.75. The normalized spacial score (nSPS) is 24.6. The van der Waals surface area contributed by atoms with Gasteiger partial charge in [0.05, 0.1) is 11.4 Å².